The first-order valence-electron chi connectivity index (χ1n) is 5.17. The average Bonchev–Trinajstić information content (AvgIpc) is 2.18. The molecular weight excluding hydrogens is 252 g/mol. The van der Waals surface area contributed by atoms with Crippen LogP contribution in [0.4, 0.5) is 0 Å². The van der Waals surface area contributed by atoms with Crippen molar-refractivity contribution < 1.29 is 0 Å². The number of hydrogen-bond acceptors (Lipinski definition) is 2. The van der Waals surface area contributed by atoms with Crippen molar-refractivity contribution in [2.24, 2.45) is 5.41 Å². The van der Waals surface area contributed by atoms with Crippen LogP contribution >= 0.6 is 15.9 Å². The van der Waals surface area contributed by atoms with Gasteiger partial charge in [0.1, 0.15) is 0 Å². The summed E-state index contributed by atoms with van der Waals surface area (Å²) in [5.74, 6) is 0. The molecule has 0 aliphatic rings. The van der Waals surface area contributed by atoms with Crippen molar-refractivity contribution in [1.82, 2.24) is 9.88 Å². The first-order valence-corrected chi connectivity index (χ1v) is 6.29. The monoisotopic (exact) mass is 270 g/mol. The van der Waals surface area contributed by atoms with Crippen molar-refractivity contribution in [3.63, 3.8) is 0 Å². The van der Waals surface area contributed by atoms with Crippen molar-refractivity contribution in [2.45, 2.75) is 20.4 Å². The molecule has 0 radical (unpaired) electrons. The van der Waals surface area contributed by atoms with E-state index in [1.807, 2.05) is 12.4 Å². The highest BCUT2D eigenvalue weighted by Gasteiger charge is 2.18. The van der Waals surface area contributed by atoms with Gasteiger partial charge in [-0.25, -0.2) is 0 Å². The Morgan fingerprint density at radius 1 is 1.33 bits per heavy atom. The number of nitrogens with zero attached hydrogens (tertiary/aromatic N) is 2. The van der Waals surface area contributed by atoms with Gasteiger partial charge in [0.15, 0.2) is 0 Å². The predicted octanol–water partition coefficient (Wildman–Crippen LogP) is 2.93. The molecule has 1 aromatic heterocycles. The molecule has 0 saturated heterocycles. The van der Waals surface area contributed by atoms with Crippen molar-refractivity contribution in [3.05, 3.63) is 30.1 Å². The molecule has 1 heterocycles. The number of aromatic nitrogens is 1. The van der Waals surface area contributed by atoms with Crippen LogP contribution in [0.2, 0.25) is 0 Å². The minimum absolute atomic E-state index is 0.321. The van der Waals surface area contributed by atoms with Crippen LogP contribution in [0.25, 0.3) is 0 Å². The lowest BCUT2D eigenvalue weighted by Crippen LogP contribution is -2.32. The van der Waals surface area contributed by atoms with Gasteiger partial charge in [-0.3, -0.25) is 4.98 Å². The van der Waals surface area contributed by atoms with E-state index < -0.39 is 0 Å². The van der Waals surface area contributed by atoms with Crippen molar-refractivity contribution in [2.75, 3.05) is 18.9 Å². The fourth-order valence-electron chi connectivity index (χ4n) is 1.63. The van der Waals surface area contributed by atoms with Gasteiger partial charge >= 0.3 is 0 Å². The van der Waals surface area contributed by atoms with Gasteiger partial charge < -0.3 is 4.90 Å². The zero-order valence-corrected chi connectivity index (χ0v) is 11.3. The molecule has 1 aromatic rings. The number of hydrogen-bond donors (Lipinski definition) is 0. The van der Waals surface area contributed by atoms with Crippen LogP contribution in [0, 0.1) is 5.41 Å². The minimum Gasteiger partial charge on any atom is -0.302 e. The average molecular weight is 271 g/mol. The molecule has 0 N–H and O–H groups in total. The summed E-state index contributed by atoms with van der Waals surface area (Å²) in [5.41, 5.74) is 1.64. The third-order valence-electron chi connectivity index (χ3n) is 2.26. The first kappa shape index (κ1) is 12.7. The third kappa shape index (κ3) is 4.76. The van der Waals surface area contributed by atoms with Gasteiger partial charge in [-0.05, 0) is 30.2 Å². The Morgan fingerprint density at radius 2 is 1.93 bits per heavy atom. The fourth-order valence-corrected chi connectivity index (χ4v) is 1.81. The second-order valence-electron chi connectivity index (χ2n) is 4.83. The van der Waals surface area contributed by atoms with E-state index in [-0.39, 0.29) is 0 Å². The van der Waals surface area contributed by atoms with Gasteiger partial charge in [-0.1, -0.05) is 29.8 Å². The highest BCUT2D eigenvalue weighted by molar-refractivity contribution is 9.09. The van der Waals surface area contributed by atoms with Gasteiger partial charge in [-0.15, -0.1) is 0 Å². The Morgan fingerprint density at radius 3 is 2.47 bits per heavy atom. The predicted molar refractivity (Wildman–Crippen MR) is 68.1 cm³/mol. The molecular formula is C12H19BrN2. The molecule has 0 amide bonds. The van der Waals surface area contributed by atoms with E-state index in [1.165, 1.54) is 5.56 Å². The normalized spacial score (nSPS) is 12.1. The summed E-state index contributed by atoms with van der Waals surface area (Å²) in [6.45, 7) is 6.61. The Kier molecular flexibility index (Phi) is 4.74. The maximum absolute atomic E-state index is 4.02. The maximum atomic E-state index is 4.02. The number of halogens is 1. The molecule has 0 aliphatic carbocycles. The summed E-state index contributed by atoms with van der Waals surface area (Å²) < 4.78 is 0. The minimum atomic E-state index is 0.321. The molecule has 15 heavy (non-hydrogen) atoms. The Balaban J connectivity index is 2.46. The lowest BCUT2D eigenvalue weighted by Gasteiger charge is -2.28. The van der Waals surface area contributed by atoms with Crippen LogP contribution in [0.1, 0.15) is 19.4 Å². The largest absolute Gasteiger partial charge is 0.302 e. The summed E-state index contributed by atoms with van der Waals surface area (Å²) in [6, 6.07) is 4.13. The number of alkyl halides is 1. The zero-order chi connectivity index (χ0) is 11.3. The summed E-state index contributed by atoms with van der Waals surface area (Å²) in [4.78, 5) is 6.36. The number of rotatable bonds is 5. The lowest BCUT2D eigenvalue weighted by molar-refractivity contribution is 0.226. The summed E-state index contributed by atoms with van der Waals surface area (Å²) in [5, 5.41) is 1.03. The van der Waals surface area contributed by atoms with E-state index in [0.717, 1.165) is 18.4 Å². The van der Waals surface area contributed by atoms with E-state index in [0.29, 0.717) is 5.41 Å². The molecule has 1 rings (SSSR count). The second kappa shape index (κ2) is 5.61. The fraction of sp³-hybridized carbons (Fsp3) is 0.583. The maximum Gasteiger partial charge on any atom is 0.0271 e. The van der Waals surface area contributed by atoms with Gasteiger partial charge in [0.2, 0.25) is 0 Å². The molecule has 3 heteroatoms. The standard InChI is InChI=1S/C12H19BrN2/c1-12(2,9-13)10-15(3)8-11-4-6-14-7-5-11/h4-7H,8-10H2,1-3H3. The first-order chi connectivity index (χ1) is 7.03. The van der Waals surface area contributed by atoms with E-state index >= 15 is 0 Å². The Bertz CT molecular complexity index is 285. The van der Waals surface area contributed by atoms with E-state index in [2.05, 4.69) is 58.8 Å². The molecule has 0 spiro atoms. The van der Waals surface area contributed by atoms with Gasteiger partial charge in [0.25, 0.3) is 0 Å². The topological polar surface area (TPSA) is 16.1 Å². The van der Waals surface area contributed by atoms with Gasteiger partial charge in [0.05, 0.1) is 0 Å². The van der Waals surface area contributed by atoms with Crippen LogP contribution in [0.3, 0.4) is 0 Å². The van der Waals surface area contributed by atoms with Crippen molar-refractivity contribution >= 4 is 15.9 Å². The molecule has 84 valence electrons. The van der Waals surface area contributed by atoms with Crippen LogP contribution in [0.5, 0.6) is 0 Å². The lowest BCUT2D eigenvalue weighted by atomic mass is 9.96. The molecule has 2 nitrogen and oxygen atoms in total. The van der Waals surface area contributed by atoms with Crippen molar-refractivity contribution in [3.8, 4) is 0 Å². The van der Waals surface area contributed by atoms with E-state index in [1.54, 1.807) is 0 Å². The van der Waals surface area contributed by atoms with Crippen LogP contribution < -0.4 is 0 Å². The van der Waals surface area contributed by atoms with E-state index in [4.69, 9.17) is 0 Å². The van der Waals surface area contributed by atoms with Crippen LogP contribution in [-0.4, -0.2) is 28.8 Å². The SMILES string of the molecule is CN(Cc1ccncc1)CC(C)(C)CBr. The highest BCUT2D eigenvalue weighted by Crippen LogP contribution is 2.19. The molecule has 0 fully saturated rings. The summed E-state index contributed by atoms with van der Waals surface area (Å²) in [7, 11) is 2.16. The molecule has 0 aliphatic heterocycles. The molecule has 0 aromatic carbocycles. The van der Waals surface area contributed by atoms with Crippen molar-refractivity contribution in [1.29, 1.82) is 0 Å². The molecule has 0 saturated carbocycles. The quantitative estimate of drug-likeness (QED) is 0.765. The van der Waals surface area contributed by atoms with Crippen LogP contribution in [0.15, 0.2) is 24.5 Å². The molecule has 0 unspecified atom stereocenters. The van der Waals surface area contributed by atoms with Gasteiger partial charge in [-0.2, -0.15) is 0 Å². The Labute approximate surface area is 101 Å². The number of pyridine rings is 1. The second-order valence-corrected chi connectivity index (χ2v) is 5.39. The zero-order valence-electron chi connectivity index (χ0n) is 9.70. The van der Waals surface area contributed by atoms with Crippen LogP contribution in [-0.2, 0) is 6.54 Å². The summed E-state index contributed by atoms with van der Waals surface area (Å²) >= 11 is 3.55. The Hall–Kier alpha value is -0.410. The smallest absolute Gasteiger partial charge is 0.0271 e. The third-order valence-corrected chi connectivity index (χ3v) is 3.78. The van der Waals surface area contributed by atoms with Gasteiger partial charge in [0, 0.05) is 30.8 Å². The summed E-state index contributed by atoms with van der Waals surface area (Å²) in [6.07, 6.45) is 3.69. The highest BCUT2D eigenvalue weighted by atomic mass is 79.9. The van der Waals surface area contributed by atoms with E-state index in [9.17, 15) is 0 Å². The molecule has 0 atom stereocenters. The molecule has 0 bridgehead atoms.